The SMILES string of the molecule is CCc1nn2cc(C3CC3)cnc2c1N. The molecule has 15 heavy (non-hydrogen) atoms. The zero-order chi connectivity index (χ0) is 10.4. The first kappa shape index (κ1) is 8.71. The van der Waals surface area contributed by atoms with Crippen molar-refractivity contribution in [1.82, 2.24) is 14.6 Å². The van der Waals surface area contributed by atoms with Gasteiger partial charge in [0.1, 0.15) is 5.69 Å². The fourth-order valence-electron chi connectivity index (χ4n) is 1.90. The van der Waals surface area contributed by atoms with Crippen LogP contribution < -0.4 is 5.73 Å². The van der Waals surface area contributed by atoms with Crippen molar-refractivity contribution >= 4 is 11.3 Å². The van der Waals surface area contributed by atoms with E-state index in [1.165, 1.54) is 18.4 Å². The van der Waals surface area contributed by atoms with E-state index in [0.29, 0.717) is 5.92 Å². The summed E-state index contributed by atoms with van der Waals surface area (Å²) in [6.07, 6.45) is 7.42. The normalized spacial score (nSPS) is 16.1. The Labute approximate surface area is 88.1 Å². The molecule has 4 heteroatoms. The molecule has 0 atom stereocenters. The van der Waals surface area contributed by atoms with E-state index >= 15 is 0 Å². The van der Waals surface area contributed by atoms with Crippen molar-refractivity contribution in [1.29, 1.82) is 0 Å². The third kappa shape index (κ3) is 1.28. The minimum absolute atomic E-state index is 0.706. The summed E-state index contributed by atoms with van der Waals surface area (Å²) < 4.78 is 1.82. The minimum Gasteiger partial charge on any atom is -0.394 e. The van der Waals surface area contributed by atoms with Gasteiger partial charge in [0, 0.05) is 12.4 Å². The lowest BCUT2D eigenvalue weighted by atomic mass is 10.2. The van der Waals surface area contributed by atoms with Gasteiger partial charge in [0.15, 0.2) is 5.65 Å². The molecule has 0 spiro atoms. The van der Waals surface area contributed by atoms with Crippen LogP contribution in [0.25, 0.3) is 5.65 Å². The first-order valence-corrected chi connectivity index (χ1v) is 5.42. The molecule has 2 N–H and O–H groups in total. The van der Waals surface area contributed by atoms with Crippen molar-refractivity contribution in [3.8, 4) is 0 Å². The van der Waals surface area contributed by atoms with Crippen LogP contribution in [0, 0.1) is 0 Å². The first-order chi connectivity index (χ1) is 7.29. The molecule has 0 aliphatic heterocycles. The smallest absolute Gasteiger partial charge is 0.178 e. The second-order valence-electron chi connectivity index (χ2n) is 4.14. The molecular formula is C11H14N4. The van der Waals surface area contributed by atoms with E-state index in [-0.39, 0.29) is 0 Å². The Bertz CT molecular complexity index is 511. The standard InChI is InChI=1S/C11H14N4/c1-2-9-10(12)11-13-5-8(7-3-4-7)6-15(11)14-9/h5-7H,2-4,12H2,1H3. The Balaban J connectivity index is 2.18. The average molecular weight is 202 g/mol. The van der Waals surface area contributed by atoms with Gasteiger partial charge in [0.05, 0.1) is 5.69 Å². The number of hydrogen-bond acceptors (Lipinski definition) is 3. The number of aryl methyl sites for hydroxylation is 1. The number of nitrogen functional groups attached to an aromatic ring is 1. The van der Waals surface area contributed by atoms with Gasteiger partial charge in [-0.3, -0.25) is 0 Å². The summed E-state index contributed by atoms with van der Waals surface area (Å²) in [4.78, 5) is 4.39. The third-order valence-corrected chi connectivity index (χ3v) is 2.99. The summed E-state index contributed by atoms with van der Waals surface area (Å²) in [5, 5.41) is 4.43. The number of rotatable bonds is 2. The lowest BCUT2D eigenvalue weighted by molar-refractivity contribution is 0.869. The molecule has 78 valence electrons. The van der Waals surface area contributed by atoms with Gasteiger partial charge in [-0.1, -0.05) is 6.92 Å². The van der Waals surface area contributed by atoms with Crippen molar-refractivity contribution in [2.45, 2.75) is 32.1 Å². The van der Waals surface area contributed by atoms with Crippen LogP contribution in [0.3, 0.4) is 0 Å². The van der Waals surface area contributed by atoms with E-state index in [1.54, 1.807) is 0 Å². The molecule has 4 nitrogen and oxygen atoms in total. The van der Waals surface area contributed by atoms with Gasteiger partial charge in [-0.05, 0) is 30.7 Å². The maximum atomic E-state index is 5.95. The molecule has 0 bridgehead atoms. The van der Waals surface area contributed by atoms with Gasteiger partial charge < -0.3 is 5.73 Å². The number of aromatic nitrogens is 3. The van der Waals surface area contributed by atoms with Crippen molar-refractivity contribution in [2.75, 3.05) is 5.73 Å². The highest BCUT2D eigenvalue weighted by Crippen LogP contribution is 2.39. The maximum absolute atomic E-state index is 5.95. The number of nitrogens with two attached hydrogens (primary N) is 1. The summed E-state index contributed by atoms with van der Waals surface area (Å²) in [6.45, 7) is 2.06. The number of nitrogens with zero attached hydrogens (tertiary/aromatic N) is 3. The topological polar surface area (TPSA) is 56.2 Å². The Morgan fingerprint density at radius 3 is 3.00 bits per heavy atom. The molecule has 1 aliphatic carbocycles. The highest BCUT2D eigenvalue weighted by Gasteiger charge is 2.24. The molecule has 3 rings (SSSR count). The van der Waals surface area contributed by atoms with Crippen LogP contribution in [0.1, 0.15) is 36.9 Å². The second kappa shape index (κ2) is 2.95. The largest absolute Gasteiger partial charge is 0.394 e. The summed E-state index contributed by atoms with van der Waals surface area (Å²) in [7, 11) is 0. The molecule has 0 unspecified atom stereocenters. The van der Waals surface area contributed by atoms with Crippen molar-refractivity contribution in [3.63, 3.8) is 0 Å². The Kier molecular flexibility index (Phi) is 1.71. The Morgan fingerprint density at radius 2 is 2.33 bits per heavy atom. The van der Waals surface area contributed by atoms with E-state index < -0.39 is 0 Å². The monoisotopic (exact) mass is 202 g/mol. The fourth-order valence-corrected chi connectivity index (χ4v) is 1.90. The van der Waals surface area contributed by atoms with Gasteiger partial charge in [0.25, 0.3) is 0 Å². The molecule has 2 aromatic rings. The predicted octanol–water partition coefficient (Wildman–Crippen LogP) is 1.75. The molecule has 0 amide bonds. The van der Waals surface area contributed by atoms with Gasteiger partial charge >= 0.3 is 0 Å². The van der Waals surface area contributed by atoms with Crippen LogP contribution in [0.15, 0.2) is 12.4 Å². The molecule has 0 saturated heterocycles. The van der Waals surface area contributed by atoms with Crippen LogP contribution in [-0.2, 0) is 6.42 Å². The van der Waals surface area contributed by atoms with Crippen LogP contribution in [0.4, 0.5) is 5.69 Å². The summed E-state index contributed by atoms with van der Waals surface area (Å²) >= 11 is 0. The molecule has 2 heterocycles. The Morgan fingerprint density at radius 1 is 1.53 bits per heavy atom. The molecule has 1 aliphatic rings. The fraction of sp³-hybridized carbons (Fsp3) is 0.455. The predicted molar refractivity (Wildman–Crippen MR) is 58.8 cm³/mol. The highest BCUT2D eigenvalue weighted by molar-refractivity contribution is 5.67. The lowest BCUT2D eigenvalue weighted by Gasteiger charge is -1.97. The first-order valence-electron chi connectivity index (χ1n) is 5.42. The molecule has 1 fully saturated rings. The van der Waals surface area contributed by atoms with E-state index in [1.807, 2.05) is 10.7 Å². The van der Waals surface area contributed by atoms with Crippen molar-refractivity contribution in [3.05, 3.63) is 23.7 Å². The van der Waals surface area contributed by atoms with E-state index in [9.17, 15) is 0 Å². The number of hydrogen-bond donors (Lipinski definition) is 1. The quantitative estimate of drug-likeness (QED) is 0.807. The molecule has 1 saturated carbocycles. The van der Waals surface area contributed by atoms with E-state index in [4.69, 9.17) is 5.73 Å². The third-order valence-electron chi connectivity index (χ3n) is 2.99. The molecular weight excluding hydrogens is 188 g/mol. The number of anilines is 1. The van der Waals surface area contributed by atoms with Gasteiger partial charge in [-0.2, -0.15) is 5.10 Å². The Hall–Kier alpha value is -1.58. The highest BCUT2D eigenvalue weighted by atomic mass is 15.3. The summed E-state index contributed by atoms with van der Waals surface area (Å²) in [5.41, 5.74) is 9.68. The van der Waals surface area contributed by atoms with Crippen LogP contribution in [-0.4, -0.2) is 14.6 Å². The van der Waals surface area contributed by atoms with Crippen molar-refractivity contribution < 1.29 is 0 Å². The van der Waals surface area contributed by atoms with Crippen LogP contribution in [0.5, 0.6) is 0 Å². The second-order valence-corrected chi connectivity index (χ2v) is 4.14. The minimum atomic E-state index is 0.706. The zero-order valence-electron chi connectivity index (χ0n) is 8.77. The molecule has 2 aromatic heterocycles. The summed E-state index contributed by atoms with van der Waals surface area (Å²) in [5.74, 6) is 0.706. The van der Waals surface area contributed by atoms with Crippen LogP contribution >= 0.6 is 0 Å². The molecule has 0 radical (unpaired) electrons. The van der Waals surface area contributed by atoms with Crippen molar-refractivity contribution in [2.24, 2.45) is 0 Å². The van der Waals surface area contributed by atoms with Gasteiger partial charge in [0.2, 0.25) is 0 Å². The average Bonchev–Trinajstić information content (AvgIpc) is 3.05. The van der Waals surface area contributed by atoms with E-state index in [0.717, 1.165) is 23.4 Å². The van der Waals surface area contributed by atoms with Gasteiger partial charge in [-0.25, -0.2) is 9.50 Å². The molecule has 0 aromatic carbocycles. The maximum Gasteiger partial charge on any atom is 0.178 e. The van der Waals surface area contributed by atoms with Crippen LogP contribution in [0.2, 0.25) is 0 Å². The zero-order valence-corrected chi connectivity index (χ0v) is 8.77. The number of fused-ring (bicyclic) bond motifs is 1. The van der Waals surface area contributed by atoms with Gasteiger partial charge in [-0.15, -0.1) is 0 Å². The summed E-state index contributed by atoms with van der Waals surface area (Å²) in [6, 6.07) is 0. The van der Waals surface area contributed by atoms with E-state index in [2.05, 4.69) is 23.2 Å². The lowest BCUT2D eigenvalue weighted by Crippen LogP contribution is -1.94.